The van der Waals surface area contributed by atoms with Crippen molar-refractivity contribution < 1.29 is 0 Å². The van der Waals surface area contributed by atoms with Crippen LogP contribution in [0, 0.1) is 11.3 Å². The van der Waals surface area contributed by atoms with Gasteiger partial charge in [0.15, 0.2) is 0 Å². The molecule has 1 aliphatic rings. The number of hydrogen-bond acceptors (Lipinski definition) is 0. The predicted molar refractivity (Wildman–Crippen MR) is 60.3 cm³/mol. The van der Waals surface area contributed by atoms with Crippen LogP contribution in [0.25, 0.3) is 0 Å². The van der Waals surface area contributed by atoms with Crippen molar-refractivity contribution in [2.45, 2.75) is 58.8 Å². The van der Waals surface area contributed by atoms with E-state index in [0.717, 1.165) is 11.8 Å². The van der Waals surface area contributed by atoms with Gasteiger partial charge in [-0.05, 0) is 24.2 Å². The van der Waals surface area contributed by atoms with Crippen LogP contribution in [0.4, 0.5) is 0 Å². The summed E-state index contributed by atoms with van der Waals surface area (Å²) in [5.74, 6) is 1.75. The minimum Gasteiger partial charge on any atom is -0.126 e. The molecule has 0 atom stereocenters. The van der Waals surface area contributed by atoms with E-state index in [-0.39, 0.29) is 0 Å². The van der Waals surface area contributed by atoms with E-state index in [1.54, 1.807) is 0 Å². The van der Waals surface area contributed by atoms with Gasteiger partial charge in [0.25, 0.3) is 0 Å². The van der Waals surface area contributed by atoms with Crippen LogP contribution < -0.4 is 0 Å². The van der Waals surface area contributed by atoms with Gasteiger partial charge in [-0.15, -0.1) is 11.6 Å². The van der Waals surface area contributed by atoms with Gasteiger partial charge in [-0.1, -0.05) is 46.0 Å². The molecule has 0 aliphatic heterocycles. The summed E-state index contributed by atoms with van der Waals surface area (Å²) in [5, 5.41) is 0. The Hall–Kier alpha value is 0.290. The first kappa shape index (κ1) is 11.4. The first-order valence-electron chi connectivity index (χ1n) is 5.85. The molecule has 0 bridgehead atoms. The Morgan fingerprint density at radius 1 is 1.08 bits per heavy atom. The topological polar surface area (TPSA) is 0 Å². The highest BCUT2D eigenvalue weighted by Gasteiger charge is 2.36. The SMILES string of the molecule is CCC(CC)C1(CCl)CCCCC1. The molecule has 0 aromatic heterocycles. The summed E-state index contributed by atoms with van der Waals surface area (Å²) in [6, 6.07) is 0. The molecule has 0 radical (unpaired) electrons. The van der Waals surface area contributed by atoms with Crippen LogP contribution >= 0.6 is 11.6 Å². The van der Waals surface area contributed by atoms with Crippen molar-refractivity contribution in [3.63, 3.8) is 0 Å². The van der Waals surface area contributed by atoms with Crippen molar-refractivity contribution in [1.82, 2.24) is 0 Å². The van der Waals surface area contributed by atoms with E-state index < -0.39 is 0 Å². The summed E-state index contributed by atoms with van der Waals surface area (Å²) in [6.07, 6.45) is 9.61. The van der Waals surface area contributed by atoms with Crippen LogP contribution in [0.15, 0.2) is 0 Å². The first-order chi connectivity index (χ1) is 6.29. The van der Waals surface area contributed by atoms with Crippen LogP contribution in [0.5, 0.6) is 0 Å². The molecule has 0 saturated heterocycles. The van der Waals surface area contributed by atoms with E-state index in [1.165, 1.54) is 44.9 Å². The minimum atomic E-state index is 0.503. The number of hydrogen-bond donors (Lipinski definition) is 0. The molecule has 1 heteroatoms. The van der Waals surface area contributed by atoms with Crippen LogP contribution in [0.3, 0.4) is 0 Å². The highest BCUT2D eigenvalue weighted by atomic mass is 35.5. The monoisotopic (exact) mass is 202 g/mol. The third-order valence-electron chi connectivity index (χ3n) is 3.97. The summed E-state index contributed by atoms with van der Waals surface area (Å²) in [6.45, 7) is 4.63. The van der Waals surface area contributed by atoms with Gasteiger partial charge in [-0.2, -0.15) is 0 Å². The molecule has 0 nitrogen and oxygen atoms in total. The van der Waals surface area contributed by atoms with E-state index in [2.05, 4.69) is 13.8 Å². The van der Waals surface area contributed by atoms with Gasteiger partial charge in [0.05, 0.1) is 0 Å². The summed E-state index contributed by atoms with van der Waals surface area (Å²) < 4.78 is 0. The second kappa shape index (κ2) is 5.24. The Bertz CT molecular complexity index is 132. The van der Waals surface area contributed by atoms with Gasteiger partial charge in [-0.3, -0.25) is 0 Å². The molecule has 0 N–H and O–H groups in total. The average Bonchev–Trinajstić information content (AvgIpc) is 2.21. The first-order valence-corrected chi connectivity index (χ1v) is 6.38. The molecule has 1 aliphatic carbocycles. The minimum absolute atomic E-state index is 0.503. The van der Waals surface area contributed by atoms with E-state index in [0.29, 0.717) is 5.41 Å². The second-order valence-corrected chi connectivity index (χ2v) is 4.84. The molecule has 78 valence electrons. The lowest BCUT2D eigenvalue weighted by atomic mass is 9.65. The Morgan fingerprint density at radius 2 is 1.62 bits per heavy atom. The zero-order valence-corrected chi connectivity index (χ0v) is 9.87. The van der Waals surface area contributed by atoms with E-state index >= 15 is 0 Å². The number of rotatable bonds is 4. The van der Waals surface area contributed by atoms with Crippen LogP contribution in [-0.4, -0.2) is 5.88 Å². The zero-order valence-electron chi connectivity index (χ0n) is 9.11. The Kier molecular flexibility index (Phi) is 4.58. The maximum atomic E-state index is 6.19. The van der Waals surface area contributed by atoms with Crippen molar-refractivity contribution in [3.05, 3.63) is 0 Å². The van der Waals surface area contributed by atoms with Crippen molar-refractivity contribution in [2.75, 3.05) is 5.88 Å². The maximum absolute atomic E-state index is 6.19. The fourth-order valence-electron chi connectivity index (χ4n) is 3.06. The molecular formula is C12H23Cl. The van der Waals surface area contributed by atoms with Gasteiger partial charge >= 0.3 is 0 Å². The molecule has 1 rings (SSSR count). The molecule has 0 unspecified atom stereocenters. The van der Waals surface area contributed by atoms with Gasteiger partial charge in [-0.25, -0.2) is 0 Å². The third kappa shape index (κ3) is 2.40. The fraction of sp³-hybridized carbons (Fsp3) is 1.00. The van der Waals surface area contributed by atoms with Gasteiger partial charge < -0.3 is 0 Å². The molecular weight excluding hydrogens is 180 g/mol. The fourth-order valence-corrected chi connectivity index (χ4v) is 3.55. The van der Waals surface area contributed by atoms with Crippen LogP contribution in [-0.2, 0) is 0 Å². The van der Waals surface area contributed by atoms with Gasteiger partial charge in [0.2, 0.25) is 0 Å². The molecule has 0 aromatic carbocycles. The summed E-state index contributed by atoms with van der Waals surface area (Å²) in [7, 11) is 0. The molecule has 13 heavy (non-hydrogen) atoms. The zero-order chi connectivity index (χ0) is 9.73. The lowest BCUT2D eigenvalue weighted by Crippen LogP contribution is -2.34. The Morgan fingerprint density at radius 3 is 2.00 bits per heavy atom. The molecule has 1 saturated carbocycles. The molecule has 0 heterocycles. The van der Waals surface area contributed by atoms with Crippen molar-refractivity contribution in [2.24, 2.45) is 11.3 Å². The number of alkyl halides is 1. The molecule has 1 fully saturated rings. The van der Waals surface area contributed by atoms with Gasteiger partial charge in [0.1, 0.15) is 0 Å². The highest BCUT2D eigenvalue weighted by Crippen LogP contribution is 2.46. The standard InChI is InChI=1S/C12H23Cl/c1-3-11(4-2)12(10-13)8-6-5-7-9-12/h11H,3-10H2,1-2H3. The Balaban J connectivity index is 2.64. The smallest absolute Gasteiger partial charge is 0.0282 e. The van der Waals surface area contributed by atoms with E-state index in [4.69, 9.17) is 11.6 Å². The third-order valence-corrected chi connectivity index (χ3v) is 4.50. The summed E-state index contributed by atoms with van der Waals surface area (Å²) in [5.41, 5.74) is 0.503. The lowest BCUT2D eigenvalue weighted by molar-refractivity contribution is 0.115. The summed E-state index contributed by atoms with van der Waals surface area (Å²) >= 11 is 6.19. The largest absolute Gasteiger partial charge is 0.126 e. The number of halogens is 1. The molecule has 0 amide bonds. The van der Waals surface area contributed by atoms with E-state index in [9.17, 15) is 0 Å². The second-order valence-electron chi connectivity index (χ2n) is 4.57. The van der Waals surface area contributed by atoms with Crippen LogP contribution in [0.2, 0.25) is 0 Å². The average molecular weight is 203 g/mol. The predicted octanol–water partition coefficient (Wildman–Crippen LogP) is 4.61. The maximum Gasteiger partial charge on any atom is 0.0282 e. The Labute approximate surface area is 88.1 Å². The van der Waals surface area contributed by atoms with Crippen molar-refractivity contribution in [3.8, 4) is 0 Å². The quantitative estimate of drug-likeness (QED) is 0.584. The summed E-state index contributed by atoms with van der Waals surface area (Å²) in [4.78, 5) is 0. The highest BCUT2D eigenvalue weighted by molar-refractivity contribution is 6.18. The molecule has 0 spiro atoms. The lowest BCUT2D eigenvalue weighted by Gasteiger charge is -2.42. The van der Waals surface area contributed by atoms with Crippen molar-refractivity contribution in [1.29, 1.82) is 0 Å². The van der Waals surface area contributed by atoms with Gasteiger partial charge in [0, 0.05) is 5.88 Å². The molecule has 0 aromatic rings. The van der Waals surface area contributed by atoms with E-state index in [1.807, 2.05) is 0 Å². The normalized spacial score (nSPS) is 22.2. The van der Waals surface area contributed by atoms with Crippen molar-refractivity contribution >= 4 is 11.6 Å². The van der Waals surface area contributed by atoms with Crippen LogP contribution in [0.1, 0.15) is 58.8 Å².